The third kappa shape index (κ3) is 11.9. The number of hydrogen-bond acceptors (Lipinski definition) is 15. The van der Waals surface area contributed by atoms with Crippen LogP contribution in [0.15, 0.2) is 61.3 Å². The Hall–Kier alpha value is -2.35. The van der Waals surface area contributed by atoms with Gasteiger partial charge < -0.3 is 66.3 Å². The fourth-order valence-corrected chi connectivity index (χ4v) is 17.0. The van der Waals surface area contributed by atoms with Crippen LogP contribution in [0.2, 0.25) is 0 Å². The molecular weight excluding hydrogens is 1060 g/mol. The van der Waals surface area contributed by atoms with E-state index in [-0.39, 0.29) is 139 Å². The van der Waals surface area contributed by atoms with Gasteiger partial charge in [-0.3, -0.25) is 4.79 Å². The van der Waals surface area contributed by atoms with E-state index >= 15 is 0 Å². The Morgan fingerprint density at radius 2 is 1.31 bits per heavy atom. The average Bonchev–Trinajstić information content (AvgIpc) is 2.43. The van der Waals surface area contributed by atoms with Gasteiger partial charge in [-0.2, -0.15) is 0 Å². The van der Waals surface area contributed by atoms with Crippen molar-refractivity contribution < 1.29 is 71.1 Å². The SMILES string of the molecule is C=CC[C@H]1O[C@H]2C=C[C@H]3O[C@H]4[C@H](C)[C@H]5O[C@@H](/C=C/[C@H](C)CC)C=CC[C@@H]5O[C@@H]4C[C@@H]3O[C@@H]2C=C[C@@H]1O[C@@H]1C[C@@H](C)[C@]2(C)O[C@@H]3C[C@H](C)C[C@@H]4O[C@@H]5[C@@H](C)[C@H](C)[C@@H]6O[C@]7(C[C@H](C)CO7)[C@@H](C)[C@H](C)[C@H]6O[C@H]5C[C@H]4O[C@H]3C[C@H]2O[C@H]1CC(=O)OC. The number of fused-ring (bicyclic) bond motifs is 9. The summed E-state index contributed by atoms with van der Waals surface area (Å²) in [6.07, 6.45) is 21.3. The Bertz CT molecular complexity index is 2380. The first-order valence-electron chi connectivity index (χ1n) is 32.8. The van der Waals surface area contributed by atoms with Gasteiger partial charge in [-0.05, 0) is 80.5 Å². The molecule has 83 heavy (non-hydrogen) atoms. The Morgan fingerprint density at radius 3 is 2.08 bits per heavy atom. The zero-order chi connectivity index (χ0) is 58.2. The van der Waals surface area contributed by atoms with Crippen LogP contribution in [-0.2, 0) is 71.1 Å². The van der Waals surface area contributed by atoms with Crippen molar-refractivity contribution in [2.24, 2.45) is 53.3 Å². The molecule has 0 saturated carbocycles. The van der Waals surface area contributed by atoms with Crippen LogP contribution in [0.4, 0.5) is 0 Å². The molecule has 12 aliphatic rings. The van der Waals surface area contributed by atoms with E-state index in [0.717, 1.165) is 45.1 Å². The van der Waals surface area contributed by atoms with Gasteiger partial charge in [-0.25, -0.2) is 0 Å². The molecule has 9 fully saturated rings. The molecule has 1 spiro atoms. The molecule has 0 aromatic heterocycles. The zero-order valence-corrected chi connectivity index (χ0v) is 51.9. The minimum absolute atomic E-state index is 0.0174. The molecule has 0 radical (unpaired) electrons. The molecule has 9 saturated heterocycles. The second-order valence-corrected chi connectivity index (χ2v) is 28.4. The highest BCUT2D eigenvalue weighted by atomic mass is 16.7. The molecule has 0 amide bonds. The Kier molecular flexibility index (Phi) is 18.3. The maximum absolute atomic E-state index is 13.5. The predicted octanol–water partition coefficient (Wildman–Crippen LogP) is 10.5. The largest absolute Gasteiger partial charge is 0.469 e. The molecule has 15 nitrogen and oxygen atoms in total. The van der Waals surface area contributed by atoms with Gasteiger partial charge in [0.05, 0.1) is 136 Å². The zero-order valence-electron chi connectivity index (χ0n) is 51.9. The summed E-state index contributed by atoms with van der Waals surface area (Å²) in [5.41, 5.74) is -0.701. The van der Waals surface area contributed by atoms with Crippen molar-refractivity contribution in [1.29, 1.82) is 0 Å². The van der Waals surface area contributed by atoms with Gasteiger partial charge in [-0.1, -0.05) is 130 Å². The van der Waals surface area contributed by atoms with Crippen LogP contribution in [0.25, 0.3) is 0 Å². The number of hydrogen-bond donors (Lipinski definition) is 0. The molecule has 12 aliphatic heterocycles. The first-order valence-corrected chi connectivity index (χ1v) is 32.8. The second kappa shape index (κ2) is 24.9. The smallest absolute Gasteiger partial charge is 0.308 e. The lowest BCUT2D eigenvalue weighted by molar-refractivity contribution is -0.335. The van der Waals surface area contributed by atoms with Gasteiger partial charge in [0.2, 0.25) is 0 Å². The van der Waals surface area contributed by atoms with Crippen LogP contribution in [0, 0.1) is 53.3 Å². The Labute approximate surface area is 495 Å². The van der Waals surface area contributed by atoms with Crippen molar-refractivity contribution >= 4 is 5.97 Å². The van der Waals surface area contributed by atoms with E-state index in [1.54, 1.807) is 0 Å². The summed E-state index contributed by atoms with van der Waals surface area (Å²) in [6, 6.07) is 0. The Balaban J connectivity index is 0.736. The van der Waals surface area contributed by atoms with E-state index in [9.17, 15) is 4.79 Å². The van der Waals surface area contributed by atoms with Crippen molar-refractivity contribution in [1.82, 2.24) is 0 Å². The molecule has 12 heterocycles. The van der Waals surface area contributed by atoms with Crippen LogP contribution in [-0.4, -0.2) is 165 Å². The molecule has 0 aromatic rings. The van der Waals surface area contributed by atoms with Crippen LogP contribution in [0.5, 0.6) is 0 Å². The molecule has 0 aliphatic carbocycles. The molecule has 33 atom stereocenters. The number of carbonyl (C=O) groups is 1. The predicted molar refractivity (Wildman–Crippen MR) is 311 cm³/mol. The van der Waals surface area contributed by atoms with Crippen molar-refractivity contribution in [3.05, 3.63) is 61.3 Å². The average molecular weight is 1160 g/mol. The van der Waals surface area contributed by atoms with Gasteiger partial charge in [-0.15, -0.1) is 6.58 Å². The first kappa shape index (κ1) is 60.9. The Morgan fingerprint density at radius 1 is 0.639 bits per heavy atom. The standard InChI is InChI=1S/C68H102O15/c1-14-17-45-46(22-23-48-47(73-45)24-25-49-53(75-48)29-58-64(79-49)42(10)63-50(76-58)19-16-18-44(72-63)21-20-35(3)15-2)74-52-28-38(6)67(12)60(78-56(52)32-61(69)70-13)31-55-57(82-67)27-36(4)26-51-54(77-55)30-59-62(80-51)39(7)40(8)66-65(81-59)41(9)43(11)68(83-66)33-37(5)34-71-68/h14,16,18,20-25,35-60,62-66H,1,15,17,19,26-34H2,2-13H3/b21-20+/t35-,36-,37+,38-,39+,40+,41+,42-,43+,44-,45-,46+,47+,48-,49-,50+,51+,52-,53+,54-,55+,56+,57-,58-,59+,60-,62-,63-,64+,65-,66+,67+,68-/m1/s1. The van der Waals surface area contributed by atoms with Crippen LogP contribution >= 0.6 is 0 Å². The topological polar surface area (TPSA) is 146 Å². The van der Waals surface area contributed by atoms with E-state index in [2.05, 4.69) is 131 Å². The maximum atomic E-state index is 13.5. The lowest BCUT2D eigenvalue weighted by atomic mass is 9.73. The third-order valence-corrected chi connectivity index (χ3v) is 22.7. The highest BCUT2D eigenvalue weighted by Crippen LogP contribution is 2.54. The van der Waals surface area contributed by atoms with E-state index in [1.165, 1.54) is 7.11 Å². The number of esters is 1. The summed E-state index contributed by atoms with van der Waals surface area (Å²) in [5.74, 6) is 1.28. The fourth-order valence-electron chi connectivity index (χ4n) is 17.0. The van der Waals surface area contributed by atoms with Gasteiger partial charge in [0.1, 0.15) is 24.4 Å². The number of ether oxygens (including phenoxy) is 14. The number of rotatable bonds is 9. The monoisotopic (exact) mass is 1160 g/mol. The molecule has 15 heteroatoms. The van der Waals surface area contributed by atoms with Crippen molar-refractivity contribution in [2.75, 3.05) is 13.7 Å². The molecule has 0 bridgehead atoms. The van der Waals surface area contributed by atoms with Gasteiger partial charge in [0, 0.05) is 37.5 Å². The van der Waals surface area contributed by atoms with Gasteiger partial charge in [0.25, 0.3) is 0 Å². The summed E-state index contributed by atoms with van der Waals surface area (Å²) in [6.45, 7) is 29.9. The van der Waals surface area contributed by atoms with Gasteiger partial charge >= 0.3 is 5.97 Å². The normalized spacial score (nSPS) is 53.4. The van der Waals surface area contributed by atoms with Crippen LogP contribution in [0.1, 0.15) is 147 Å². The minimum Gasteiger partial charge on any atom is -0.469 e. The molecule has 0 aromatic carbocycles. The second-order valence-electron chi connectivity index (χ2n) is 28.4. The van der Waals surface area contributed by atoms with Crippen LogP contribution < -0.4 is 0 Å². The van der Waals surface area contributed by atoms with E-state index in [1.807, 2.05) is 6.08 Å². The highest BCUT2D eigenvalue weighted by Gasteiger charge is 2.62. The van der Waals surface area contributed by atoms with E-state index in [4.69, 9.17) is 66.3 Å². The van der Waals surface area contributed by atoms with Crippen molar-refractivity contribution in [2.45, 2.75) is 292 Å². The summed E-state index contributed by atoms with van der Waals surface area (Å²) in [4.78, 5) is 13.5. The molecule has 0 N–H and O–H groups in total. The summed E-state index contributed by atoms with van der Waals surface area (Å²) in [7, 11) is 1.43. The lowest BCUT2D eigenvalue weighted by Crippen LogP contribution is -2.62. The number of allylic oxidation sites excluding steroid dienone is 1. The summed E-state index contributed by atoms with van der Waals surface area (Å²) >= 11 is 0. The number of methoxy groups -OCH3 is 1. The van der Waals surface area contributed by atoms with E-state index < -0.39 is 54.1 Å². The van der Waals surface area contributed by atoms with E-state index in [0.29, 0.717) is 43.4 Å². The highest BCUT2D eigenvalue weighted by molar-refractivity contribution is 5.69. The third-order valence-electron chi connectivity index (χ3n) is 22.7. The quantitative estimate of drug-likeness (QED) is 0.159. The summed E-state index contributed by atoms with van der Waals surface area (Å²) < 4.78 is 97.8. The first-order chi connectivity index (χ1) is 39.8. The van der Waals surface area contributed by atoms with Gasteiger partial charge in [0.15, 0.2) is 5.79 Å². The molecular formula is C68H102O15. The maximum Gasteiger partial charge on any atom is 0.308 e. The van der Waals surface area contributed by atoms with Crippen LogP contribution in [0.3, 0.4) is 0 Å². The number of carbonyl (C=O) groups excluding carboxylic acids is 1. The van der Waals surface area contributed by atoms with Crippen molar-refractivity contribution in [3.63, 3.8) is 0 Å². The lowest BCUT2D eigenvalue weighted by Gasteiger charge is -2.53. The fraction of sp³-hybridized carbons (Fsp3) is 0.838. The molecule has 12 rings (SSSR count). The minimum atomic E-state index is -0.701. The molecule has 464 valence electrons. The van der Waals surface area contributed by atoms with Crippen molar-refractivity contribution in [3.8, 4) is 0 Å². The summed E-state index contributed by atoms with van der Waals surface area (Å²) in [5, 5.41) is 0. The molecule has 0 unspecified atom stereocenters.